The van der Waals surface area contributed by atoms with Crippen molar-refractivity contribution >= 4 is 17.6 Å². The Balaban J connectivity index is 1.77. The van der Waals surface area contributed by atoms with Gasteiger partial charge in [-0.05, 0) is 35.7 Å². The second-order valence-corrected chi connectivity index (χ2v) is 8.01. The SMILES string of the molecule is Cc1cccc(NC(=O)[C@H]2[C@H](C(=O)O)[C@H](c3ccccc3)C=C[C@H]2c2ccccc2)c1. The lowest BCUT2D eigenvalue weighted by atomic mass is 9.66. The maximum absolute atomic E-state index is 13.5. The van der Waals surface area contributed by atoms with Crippen molar-refractivity contribution in [2.75, 3.05) is 5.32 Å². The maximum atomic E-state index is 13.5. The predicted octanol–water partition coefficient (Wildman–Crippen LogP) is 5.39. The molecule has 0 saturated heterocycles. The van der Waals surface area contributed by atoms with Crippen LogP contribution in [-0.2, 0) is 9.59 Å². The highest BCUT2D eigenvalue weighted by molar-refractivity contribution is 5.96. The van der Waals surface area contributed by atoms with Crippen molar-refractivity contribution in [1.29, 1.82) is 0 Å². The minimum atomic E-state index is -0.969. The second-order valence-electron chi connectivity index (χ2n) is 8.01. The predicted molar refractivity (Wildman–Crippen MR) is 122 cm³/mol. The van der Waals surface area contributed by atoms with Gasteiger partial charge in [0.2, 0.25) is 5.91 Å². The Kier molecular flexibility index (Phi) is 5.99. The van der Waals surface area contributed by atoms with E-state index >= 15 is 0 Å². The summed E-state index contributed by atoms with van der Waals surface area (Å²) in [5.74, 6) is -3.60. The first-order valence-electron chi connectivity index (χ1n) is 10.4. The maximum Gasteiger partial charge on any atom is 0.308 e. The summed E-state index contributed by atoms with van der Waals surface area (Å²) in [5, 5.41) is 13.2. The zero-order valence-corrected chi connectivity index (χ0v) is 17.3. The molecule has 31 heavy (non-hydrogen) atoms. The fourth-order valence-electron chi connectivity index (χ4n) is 4.49. The molecule has 0 spiro atoms. The van der Waals surface area contributed by atoms with Crippen molar-refractivity contribution < 1.29 is 14.7 Å². The summed E-state index contributed by atoms with van der Waals surface area (Å²) in [4.78, 5) is 26.1. The number of rotatable bonds is 5. The van der Waals surface area contributed by atoms with E-state index in [1.54, 1.807) is 0 Å². The molecule has 0 aromatic heterocycles. The minimum absolute atomic E-state index is 0.280. The van der Waals surface area contributed by atoms with Gasteiger partial charge in [0.15, 0.2) is 0 Å². The summed E-state index contributed by atoms with van der Waals surface area (Å²) >= 11 is 0. The van der Waals surface area contributed by atoms with Crippen LogP contribution in [-0.4, -0.2) is 17.0 Å². The number of benzene rings is 3. The van der Waals surface area contributed by atoms with E-state index < -0.39 is 17.8 Å². The lowest BCUT2D eigenvalue weighted by molar-refractivity contribution is -0.147. The molecule has 0 heterocycles. The number of carbonyl (C=O) groups excluding carboxylic acids is 1. The number of hydrogen-bond donors (Lipinski definition) is 2. The Bertz CT molecular complexity index is 1090. The standard InChI is InChI=1S/C27H25NO3/c1-18-9-8-14-21(17-18)28-26(29)24-22(19-10-4-2-5-11-19)15-16-23(25(24)27(30)31)20-12-6-3-7-13-20/h2-17,22-25H,1H3,(H,28,29)(H,30,31)/t22-,23-,24+,25+/m0/s1. The largest absolute Gasteiger partial charge is 0.481 e. The number of carboxylic acid groups (broad SMARTS) is 1. The lowest BCUT2D eigenvalue weighted by Crippen LogP contribution is -2.42. The van der Waals surface area contributed by atoms with Crippen molar-refractivity contribution in [2.45, 2.75) is 18.8 Å². The van der Waals surface area contributed by atoms with E-state index in [1.807, 2.05) is 104 Å². The summed E-state index contributed by atoms with van der Waals surface area (Å²) in [5.41, 5.74) is 3.52. The highest BCUT2D eigenvalue weighted by Crippen LogP contribution is 2.45. The number of aliphatic carboxylic acids is 1. The van der Waals surface area contributed by atoms with E-state index in [2.05, 4.69) is 5.32 Å². The third-order valence-corrected chi connectivity index (χ3v) is 5.93. The molecule has 0 aliphatic heterocycles. The van der Waals surface area contributed by atoms with Crippen LogP contribution in [0.25, 0.3) is 0 Å². The van der Waals surface area contributed by atoms with Crippen molar-refractivity contribution in [3.8, 4) is 0 Å². The van der Waals surface area contributed by atoms with E-state index in [4.69, 9.17) is 0 Å². The second kappa shape index (κ2) is 9.00. The highest BCUT2D eigenvalue weighted by atomic mass is 16.4. The van der Waals surface area contributed by atoms with Crippen LogP contribution in [0.2, 0.25) is 0 Å². The quantitative estimate of drug-likeness (QED) is 0.553. The molecule has 4 heteroatoms. The number of carboxylic acids is 1. The van der Waals surface area contributed by atoms with Crippen LogP contribution in [0.15, 0.2) is 97.1 Å². The Morgan fingerprint density at radius 1 is 0.742 bits per heavy atom. The molecule has 3 aromatic carbocycles. The first kappa shape index (κ1) is 20.6. The monoisotopic (exact) mass is 411 g/mol. The molecule has 1 amide bonds. The van der Waals surface area contributed by atoms with Gasteiger partial charge in [-0.3, -0.25) is 9.59 Å². The Labute approximate surface area is 182 Å². The lowest BCUT2D eigenvalue weighted by Gasteiger charge is -2.37. The molecule has 4 atom stereocenters. The molecule has 0 bridgehead atoms. The molecule has 0 radical (unpaired) electrons. The molecular formula is C27H25NO3. The molecule has 4 nitrogen and oxygen atoms in total. The van der Waals surface area contributed by atoms with Crippen LogP contribution >= 0.6 is 0 Å². The normalized spacial score (nSPS) is 22.6. The number of amides is 1. The number of allylic oxidation sites excluding steroid dienone is 2. The number of nitrogens with one attached hydrogen (secondary N) is 1. The van der Waals surface area contributed by atoms with Gasteiger partial charge in [0, 0.05) is 17.5 Å². The van der Waals surface area contributed by atoms with E-state index in [9.17, 15) is 14.7 Å². The zero-order valence-electron chi connectivity index (χ0n) is 17.3. The van der Waals surface area contributed by atoms with Gasteiger partial charge in [-0.15, -0.1) is 0 Å². The number of anilines is 1. The summed E-state index contributed by atoms with van der Waals surface area (Å²) in [6.07, 6.45) is 3.94. The first-order valence-corrected chi connectivity index (χ1v) is 10.4. The van der Waals surface area contributed by atoms with Gasteiger partial charge < -0.3 is 10.4 Å². The minimum Gasteiger partial charge on any atom is -0.481 e. The average molecular weight is 412 g/mol. The van der Waals surface area contributed by atoms with E-state index in [1.165, 1.54) is 0 Å². The Hall–Kier alpha value is -3.66. The zero-order chi connectivity index (χ0) is 21.8. The average Bonchev–Trinajstić information content (AvgIpc) is 2.79. The van der Waals surface area contributed by atoms with Crippen molar-refractivity contribution in [3.63, 3.8) is 0 Å². The fourth-order valence-corrected chi connectivity index (χ4v) is 4.49. The number of hydrogen-bond acceptors (Lipinski definition) is 2. The molecule has 0 fully saturated rings. The van der Waals surface area contributed by atoms with E-state index in [0.717, 1.165) is 16.7 Å². The molecule has 3 aromatic rings. The van der Waals surface area contributed by atoms with Gasteiger partial charge in [0.05, 0.1) is 11.8 Å². The number of carbonyl (C=O) groups is 2. The van der Waals surface area contributed by atoms with Gasteiger partial charge in [-0.1, -0.05) is 84.9 Å². The molecule has 0 saturated carbocycles. The van der Waals surface area contributed by atoms with Crippen LogP contribution in [0.1, 0.15) is 28.5 Å². The summed E-state index contributed by atoms with van der Waals surface area (Å²) in [7, 11) is 0. The van der Waals surface area contributed by atoms with Gasteiger partial charge in [-0.25, -0.2) is 0 Å². The smallest absolute Gasteiger partial charge is 0.308 e. The summed E-state index contributed by atoms with van der Waals surface area (Å²) in [6, 6.07) is 26.7. The van der Waals surface area contributed by atoms with Crippen LogP contribution in [0.3, 0.4) is 0 Å². The van der Waals surface area contributed by atoms with Gasteiger partial charge in [-0.2, -0.15) is 0 Å². The molecular weight excluding hydrogens is 386 g/mol. The van der Waals surface area contributed by atoms with Crippen molar-refractivity contribution in [1.82, 2.24) is 0 Å². The highest BCUT2D eigenvalue weighted by Gasteiger charge is 2.46. The first-order chi connectivity index (χ1) is 15.0. The molecule has 1 aliphatic rings. The molecule has 156 valence electrons. The molecule has 1 aliphatic carbocycles. The Morgan fingerprint density at radius 3 is 1.81 bits per heavy atom. The fraction of sp³-hybridized carbons (Fsp3) is 0.185. The van der Waals surface area contributed by atoms with Crippen LogP contribution in [0.5, 0.6) is 0 Å². The molecule has 4 rings (SSSR count). The van der Waals surface area contributed by atoms with Crippen LogP contribution < -0.4 is 5.32 Å². The third-order valence-electron chi connectivity index (χ3n) is 5.93. The van der Waals surface area contributed by atoms with Crippen molar-refractivity contribution in [2.24, 2.45) is 11.8 Å². The molecule has 0 unspecified atom stereocenters. The molecule has 2 N–H and O–H groups in total. The van der Waals surface area contributed by atoms with Crippen LogP contribution in [0, 0.1) is 18.8 Å². The summed E-state index contributed by atoms with van der Waals surface area (Å²) < 4.78 is 0. The van der Waals surface area contributed by atoms with Crippen LogP contribution in [0.4, 0.5) is 5.69 Å². The topological polar surface area (TPSA) is 66.4 Å². The third kappa shape index (κ3) is 4.43. The van der Waals surface area contributed by atoms with Gasteiger partial charge in [0.25, 0.3) is 0 Å². The van der Waals surface area contributed by atoms with Gasteiger partial charge in [0.1, 0.15) is 0 Å². The number of aryl methyl sites for hydroxylation is 1. The van der Waals surface area contributed by atoms with E-state index in [-0.39, 0.29) is 17.7 Å². The summed E-state index contributed by atoms with van der Waals surface area (Å²) in [6.45, 7) is 1.96. The van der Waals surface area contributed by atoms with Gasteiger partial charge >= 0.3 is 5.97 Å². The van der Waals surface area contributed by atoms with Crippen molar-refractivity contribution in [3.05, 3.63) is 114 Å². The Morgan fingerprint density at radius 2 is 1.29 bits per heavy atom. The van der Waals surface area contributed by atoms with E-state index in [0.29, 0.717) is 5.69 Å².